The number of hydrogen-bond acceptors (Lipinski definition) is 17. The number of ether oxygens (including phenoxy) is 9. The van der Waals surface area contributed by atoms with Gasteiger partial charge in [-0.2, -0.15) is 0 Å². The van der Waals surface area contributed by atoms with E-state index in [1.54, 1.807) is 0 Å². The number of nitrogens with one attached hydrogen (secondary N) is 2. The normalized spacial score (nSPS) is 23.3. The fraction of sp³-hybridized carbons (Fsp3) is 0.857. The molecule has 2 heterocycles. The van der Waals surface area contributed by atoms with Crippen LogP contribution in [0.1, 0.15) is 235 Å². The van der Waals surface area contributed by atoms with Crippen molar-refractivity contribution >= 4 is 47.6 Å². The summed E-state index contributed by atoms with van der Waals surface area (Å²) in [6.07, 6.45) is 14.5. The van der Waals surface area contributed by atoms with E-state index in [9.17, 15) is 38.4 Å². The van der Waals surface area contributed by atoms with Gasteiger partial charge in [0.2, 0.25) is 24.4 Å². The van der Waals surface area contributed by atoms with Crippen molar-refractivity contribution in [1.29, 1.82) is 0 Å². The number of esters is 6. The summed E-state index contributed by atoms with van der Waals surface area (Å²) in [6.45, 7) is 10.4. The molecule has 2 N–H and O–H groups in total. The quantitative estimate of drug-likeness (QED) is 0.0330. The molecule has 0 bridgehead atoms. The minimum Gasteiger partial charge on any atom is -0.456 e. The lowest BCUT2D eigenvalue weighted by Gasteiger charge is -2.48. The number of hydrogen-bond donors (Lipinski definition) is 2. The molecule has 2 amide bonds. The molecule has 2 saturated heterocycles. The summed E-state index contributed by atoms with van der Waals surface area (Å²) >= 11 is 0. The molecule has 0 aliphatic carbocycles. The lowest BCUT2D eigenvalue weighted by atomic mass is 9.96. The molecule has 19 heteroatoms. The van der Waals surface area contributed by atoms with Gasteiger partial charge in [0.15, 0.2) is 36.6 Å². The summed E-state index contributed by atoms with van der Waals surface area (Å²) in [6, 6.07) is 0. The van der Waals surface area contributed by atoms with Crippen LogP contribution in [0.5, 0.6) is 0 Å². The average Bonchev–Trinajstić information content (AvgIpc) is 3.33. The summed E-state index contributed by atoms with van der Waals surface area (Å²) < 4.78 is 52.9. The summed E-state index contributed by atoms with van der Waals surface area (Å²) in [4.78, 5) is 102. The molecule has 2 aliphatic heterocycles. The highest BCUT2D eigenvalue weighted by Gasteiger charge is 2.57. The Labute approximate surface area is 447 Å². The number of rotatable bonds is 40. The van der Waals surface area contributed by atoms with Crippen LogP contribution in [0.2, 0.25) is 0 Å². The zero-order valence-corrected chi connectivity index (χ0v) is 46.9. The molecule has 0 spiro atoms. The van der Waals surface area contributed by atoms with Gasteiger partial charge in [0.05, 0.1) is 0 Å². The number of amides is 2. The average molecular weight is 1070 g/mol. The molecule has 2 rings (SSSR count). The number of carbonyl (C=O) groups excluding carboxylic acids is 8. The first-order chi connectivity index (χ1) is 36.0. The molecular weight excluding hydrogens is 973 g/mol. The van der Waals surface area contributed by atoms with Gasteiger partial charge in [-0.05, 0) is 12.8 Å². The van der Waals surface area contributed by atoms with Crippen molar-refractivity contribution in [3.63, 3.8) is 0 Å². The first-order valence-corrected chi connectivity index (χ1v) is 28.5. The Morgan fingerprint density at radius 2 is 0.547 bits per heavy atom. The van der Waals surface area contributed by atoms with E-state index >= 15 is 0 Å². The molecule has 0 aromatic heterocycles. The predicted octanol–water partition coefficient (Wildman–Crippen LogP) is 9.24. The third-order valence-corrected chi connectivity index (χ3v) is 13.3. The first-order valence-electron chi connectivity index (χ1n) is 28.5. The Hall–Kier alpha value is -4.36. The van der Waals surface area contributed by atoms with E-state index in [0.717, 1.165) is 92.9 Å². The lowest BCUT2D eigenvalue weighted by molar-refractivity contribution is -0.373. The monoisotopic (exact) mass is 1070 g/mol. The van der Waals surface area contributed by atoms with Crippen LogP contribution in [0, 0.1) is 0 Å². The van der Waals surface area contributed by atoms with Crippen LogP contribution >= 0.6 is 0 Å². The molecule has 10 atom stereocenters. The lowest BCUT2D eigenvalue weighted by Crippen LogP contribution is -2.67. The highest BCUT2D eigenvalue weighted by molar-refractivity contribution is 5.76. The SMILES string of the molecule is CCCCCCCCCCCCCCCC(=O)NC[C@H]1O[C@H](O[C@H]2O[C@H](CNC(=O)CCCCCCCCCCCCCCC)[C@@H](OC(C)=O)[C@H](OC(C)=O)[C@H]2OC(C)=O)[C@H](OC(C)=O)[C@@H](OC(C)=O)[C@@H]1OC(C)=O. The minimum absolute atomic E-state index is 0.199. The Morgan fingerprint density at radius 1 is 0.320 bits per heavy atom. The summed E-state index contributed by atoms with van der Waals surface area (Å²) in [7, 11) is 0. The molecule has 2 fully saturated rings. The van der Waals surface area contributed by atoms with E-state index in [2.05, 4.69) is 24.5 Å². The van der Waals surface area contributed by atoms with Crippen molar-refractivity contribution < 1.29 is 81.0 Å². The van der Waals surface area contributed by atoms with Gasteiger partial charge in [-0.25, -0.2) is 0 Å². The summed E-state index contributed by atoms with van der Waals surface area (Å²) in [5.74, 6) is -5.77. The number of unbranched alkanes of at least 4 members (excludes halogenated alkanes) is 24. The van der Waals surface area contributed by atoms with E-state index in [-0.39, 0.29) is 37.7 Å². The Bertz CT molecular complexity index is 1560. The second-order valence-corrected chi connectivity index (χ2v) is 20.3. The maximum absolute atomic E-state index is 13.2. The van der Waals surface area contributed by atoms with Crippen molar-refractivity contribution in [2.45, 2.75) is 297 Å². The zero-order valence-electron chi connectivity index (χ0n) is 46.9. The topological polar surface area (TPSA) is 244 Å². The maximum atomic E-state index is 13.2. The fourth-order valence-corrected chi connectivity index (χ4v) is 9.60. The summed E-state index contributed by atoms with van der Waals surface area (Å²) in [5, 5.41) is 5.62. The molecule has 2 aliphatic rings. The molecule has 0 radical (unpaired) electrons. The van der Waals surface area contributed by atoms with E-state index in [1.807, 2.05) is 0 Å². The van der Waals surface area contributed by atoms with Gasteiger partial charge in [0.25, 0.3) is 0 Å². The Morgan fingerprint density at radius 3 is 0.800 bits per heavy atom. The van der Waals surface area contributed by atoms with Gasteiger partial charge in [0.1, 0.15) is 12.2 Å². The smallest absolute Gasteiger partial charge is 0.303 e. The maximum Gasteiger partial charge on any atom is 0.303 e. The van der Waals surface area contributed by atoms with Crippen LogP contribution in [-0.2, 0) is 81.0 Å². The second kappa shape index (κ2) is 39.9. The van der Waals surface area contributed by atoms with Crippen LogP contribution in [0.25, 0.3) is 0 Å². The van der Waals surface area contributed by atoms with Gasteiger partial charge >= 0.3 is 35.8 Å². The van der Waals surface area contributed by atoms with Crippen molar-refractivity contribution in [3.05, 3.63) is 0 Å². The fourth-order valence-electron chi connectivity index (χ4n) is 9.60. The molecule has 19 nitrogen and oxygen atoms in total. The van der Waals surface area contributed by atoms with E-state index in [1.165, 1.54) is 103 Å². The van der Waals surface area contributed by atoms with Crippen molar-refractivity contribution in [1.82, 2.24) is 10.6 Å². The molecule has 0 unspecified atom stereocenters. The van der Waals surface area contributed by atoms with Crippen molar-refractivity contribution in [2.75, 3.05) is 13.1 Å². The van der Waals surface area contributed by atoms with E-state index in [4.69, 9.17) is 42.6 Å². The Balaban J connectivity index is 2.27. The first kappa shape index (κ1) is 66.8. The van der Waals surface area contributed by atoms with Crippen molar-refractivity contribution in [3.8, 4) is 0 Å². The van der Waals surface area contributed by atoms with Crippen LogP contribution in [-0.4, -0.2) is 122 Å². The molecule has 432 valence electrons. The van der Waals surface area contributed by atoms with E-state index < -0.39 is 97.2 Å². The molecule has 0 saturated carbocycles. The van der Waals surface area contributed by atoms with Crippen LogP contribution in [0.3, 0.4) is 0 Å². The molecule has 0 aromatic carbocycles. The third-order valence-electron chi connectivity index (χ3n) is 13.3. The largest absolute Gasteiger partial charge is 0.456 e. The van der Waals surface area contributed by atoms with Crippen LogP contribution in [0.15, 0.2) is 0 Å². The second-order valence-electron chi connectivity index (χ2n) is 20.3. The van der Waals surface area contributed by atoms with E-state index in [0.29, 0.717) is 12.8 Å². The minimum atomic E-state index is -1.79. The predicted molar refractivity (Wildman–Crippen MR) is 278 cm³/mol. The zero-order chi connectivity index (χ0) is 55.4. The van der Waals surface area contributed by atoms with Gasteiger partial charge in [0, 0.05) is 67.5 Å². The van der Waals surface area contributed by atoms with Gasteiger partial charge in [-0.15, -0.1) is 0 Å². The van der Waals surface area contributed by atoms with Crippen LogP contribution in [0.4, 0.5) is 0 Å². The molecule has 0 aromatic rings. The van der Waals surface area contributed by atoms with Gasteiger partial charge < -0.3 is 53.3 Å². The standard InChI is InChI=1S/C56H96N2O17/c1-9-11-13-15-17-19-21-23-25-27-29-31-33-35-47(65)57-37-45-49(67-39(3)59)51(69-41(5)61)53(71-43(7)63)55(73-45)75-56-54(72-44(8)64)52(70-42(6)62)50(68-40(4)60)46(74-56)38-58-48(66)36-34-32-30-28-26-24-22-20-18-16-14-12-10-2/h45-46,49-56H,9-38H2,1-8H3,(H,57,65)(H,58,66)/t45-,46-,49-,50-,51+,52+,53-,54-,55-,56-/m1/s1. The van der Waals surface area contributed by atoms with Crippen molar-refractivity contribution in [2.24, 2.45) is 0 Å². The van der Waals surface area contributed by atoms with Gasteiger partial charge in [-0.1, -0.05) is 168 Å². The molecule has 75 heavy (non-hydrogen) atoms. The number of carbonyl (C=O) groups is 8. The highest BCUT2D eigenvalue weighted by Crippen LogP contribution is 2.35. The highest BCUT2D eigenvalue weighted by atomic mass is 16.8. The van der Waals surface area contributed by atoms with Gasteiger partial charge in [-0.3, -0.25) is 38.4 Å². The Kier molecular flexibility index (Phi) is 35.5. The molecular formula is C56H96N2O17. The third kappa shape index (κ3) is 29.7. The van der Waals surface area contributed by atoms with Crippen LogP contribution < -0.4 is 10.6 Å². The summed E-state index contributed by atoms with van der Waals surface area (Å²) in [5.41, 5.74) is 0.